The Morgan fingerprint density at radius 1 is 1.23 bits per heavy atom. The van der Waals surface area contributed by atoms with Crippen molar-refractivity contribution in [1.29, 1.82) is 0 Å². The summed E-state index contributed by atoms with van der Waals surface area (Å²) in [4.78, 5) is 44.6. The smallest absolute Gasteiger partial charge is 0.261 e. The Bertz CT molecular complexity index is 1160. The molecule has 1 N–H and O–H groups in total. The number of aryl methyl sites for hydroxylation is 1. The fourth-order valence-electron chi connectivity index (χ4n) is 3.53. The van der Waals surface area contributed by atoms with E-state index in [1.54, 1.807) is 23.5 Å². The molecule has 0 fully saturated rings. The second kappa shape index (κ2) is 9.09. The van der Waals surface area contributed by atoms with Crippen LogP contribution in [0.4, 0.5) is 0 Å². The van der Waals surface area contributed by atoms with E-state index in [1.807, 2.05) is 11.0 Å². The van der Waals surface area contributed by atoms with Crippen LogP contribution in [0.1, 0.15) is 23.3 Å². The van der Waals surface area contributed by atoms with Gasteiger partial charge in [0.15, 0.2) is 0 Å². The molecule has 1 aromatic carbocycles. The number of nitrogens with one attached hydrogen (secondary N) is 1. The first-order chi connectivity index (χ1) is 14.5. The highest BCUT2D eigenvalue weighted by Gasteiger charge is 2.21. The fraction of sp³-hybridized carbons (Fsp3) is 0.333. The third-order valence-electron chi connectivity index (χ3n) is 5.19. The summed E-state index contributed by atoms with van der Waals surface area (Å²) in [5, 5.41) is 5.35. The number of nitrogens with zero attached hydrogens (tertiary/aromatic N) is 3. The summed E-state index contributed by atoms with van der Waals surface area (Å²) < 4.78 is 2.24. The van der Waals surface area contributed by atoms with Gasteiger partial charge in [0.2, 0.25) is 11.8 Å². The minimum Gasteiger partial charge on any atom is -0.356 e. The number of hydrogen-bond acceptors (Lipinski definition) is 5. The summed E-state index contributed by atoms with van der Waals surface area (Å²) in [6.07, 6.45) is 2.79. The molecule has 1 aliphatic rings. The first-order valence-corrected chi connectivity index (χ1v) is 11.4. The maximum atomic E-state index is 12.6. The fourth-order valence-corrected chi connectivity index (χ4v) is 4.78. The first-order valence-electron chi connectivity index (χ1n) is 9.75. The first kappa shape index (κ1) is 20.7. The summed E-state index contributed by atoms with van der Waals surface area (Å²) >= 11 is 5.10. The summed E-state index contributed by atoms with van der Waals surface area (Å²) in [5.74, 6) is -0.143. The third-order valence-corrected chi connectivity index (χ3v) is 6.70. The highest BCUT2D eigenvalue weighted by atomic mass is 79.9. The molecule has 0 spiro atoms. The molecule has 7 nitrogen and oxygen atoms in total. The lowest BCUT2D eigenvalue weighted by Gasteiger charge is -2.27. The van der Waals surface area contributed by atoms with E-state index < -0.39 is 0 Å². The molecule has 0 saturated heterocycles. The normalized spacial score (nSPS) is 13.3. The zero-order valence-corrected chi connectivity index (χ0v) is 18.7. The molecule has 0 bridgehead atoms. The van der Waals surface area contributed by atoms with Crippen molar-refractivity contribution >= 4 is 50.0 Å². The summed E-state index contributed by atoms with van der Waals surface area (Å²) in [5.41, 5.74) is 1.67. The second-order valence-electron chi connectivity index (χ2n) is 7.19. The Hall–Kier alpha value is -2.52. The van der Waals surface area contributed by atoms with Crippen molar-refractivity contribution in [2.75, 3.05) is 13.1 Å². The van der Waals surface area contributed by atoms with E-state index in [4.69, 9.17) is 0 Å². The van der Waals surface area contributed by atoms with Crippen molar-refractivity contribution in [3.63, 3.8) is 0 Å². The van der Waals surface area contributed by atoms with Crippen molar-refractivity contribution < 1.29 is 9.59 Å². The van der Waals surface area contributed by atoms with Gasteiger partial charge in [-0.05, 0) is 41.6 Å². The molecule has 0 unspecified atom stereocenters. The van der Waals surface area contributed by atoms with Gasteiger partial charge in [0.25, 0.3) is 5.56 Å². The second-order valence-corrected chi connectivity index (χ2v) is 9.11. The number of hydrogen-bond donors (Lipinski definition) is 1. The van der Waals surface area contributed by atoms with Crippen LogP contribution in [0.15, 0.2) is 45.2 Å². The number of carbonyl (C=O) groups is 2. The van der Waals surface area contributed by atoms with Crippen LogP contribution in [0.25, 0.3) is 10.9 Å². The standard InChI is InChI=1S/C21H21BrN4O3S/c22-15-1-2-17-16(11-15)21(29)26(13-24-17)9-5-19(27)23-7-3-20(28)25-8-4-18-14(12-25)6-10-30-18/h1-2,6,10-11,13H,3-5,7-9,12H2,(H,23,27). The number of aromatic nitrogens is 2. The van der Waals surface area contributed by atoms with E-state index in [2.05, 4.69) is 37.7 Å². The van der Waals surface area contributed by atoms with Crippen LogP contribution < -0.4 is 10.9 Å². The minimum atomic E-state index is -0.192. The highest BCUT2D eigenvalue weighted by Crippen LogP contribution is 2.24. The maximum absolute atomic E-state index is 12.6. The van der Waals surface area contributed by atoms with Gasteiger partial charge in [-0.1, -0.05) is 15.9 Å². The number of carbonyl (C=O) groups excluding carboxylic acids is 2. The zero-order chi connectivity index (χ0) is 21.1. The van der Waals surface area contributed by atoms with Gasteiger partial charge in [0, 0.05) is 48.4 Å². The lowest BCUT2D eigenvalue weighted by molar-refractivity contribution is -0.132. The van der Waals surface area contributed by atoms with Gasteiger partial charge in [-0.25, -0.2) is 4.98 Å². The van der Waals surface area contributed by atoms with Crippen molar-refractivity contribution in [1.82, 2.24) is 19.8 Å². The minimum absolute atomic E-state index is 0.0488. The summed E-state index contributed by atoms with van der Waals surface area (Å²) in [7, 11) is 0. The number of amides is 2. The number of halogens is 1. The molecule has 30 heavy (non-hydrogen) atoms. The molecule has 2 aromatic heterocycles. The Morgan fingerprint density at radius 2 is 2.10 bits per heavy atom. The van der Waals surface area contributed by atoms with Crippen LogP contribution in [0.2, 0.25) is 0 Å². The molecule has 4 rings (SSSR count). The van der Waals surface area contributed by atoms with Gasteiger partial charge < -0.3 is 10.2 Å². The van der Waals surface area contributed by atoms with Gasteiger partial charge >= 0.3 is 0 Å². The van der Waals surface area contributed by atoms with Crippen LogP contribution in [-0.2, 0) is 29.1 Å². The van der Waals surface area contributed by atoms with Gasteiger partial charge in [-0.2, -0.15) is 0 Å². The van der Waals surface area contributed by atoms with Crippen molar-refractivity contribution in [2.24, 2.45) is 0 Å². The SMILES string of the molecule is O=C(CCn1cnc2ccc(Br)cc2c1=O)NCCC(=O)N1CCc2sccc2C1. The van der Waals surface area contributed by atoms with Crippen LogP contribution in [0, 0.1) is 0 Å². The Kier molecular flexibility index (Phi) is 6.29. The van der Waals surface area contributed by atoms with Crippen molar-refractivity contribution in [3.05, 3.63) is 61.2 Å². The van der Waals surface area contributed by atoms with Crippen LogP contribution in [-0.4, -0.2) is 39.4 Å². The lowest BCUT2D eigenvalue weighted by Crippen LogP contribution is -2.37. The van der Waals surface area contributed by atoms with E-state index >= 15 is 0 Å². The number of fused-ring (bicyclic) bond motifs is 2. The van der Waals surface area contributed by atoms with Crippen LogP contribution in [0.3, 0.4) is 0 Å². The largest absolute Gasteiger partial charge is 0.356 e. The maximum Gasteiger partial charge on any atom is 0.261 e. The number of thiophene rings is 1. The molecule has 3 aromatic rings. The van der Waals surface area contributed by atoms with Crippen molar-refractivity contribution in [2.45, 2.75) is 32.4 Å². The third kappa shape index (κ3) is 4.62. The molecular weight excluding hydrogens is 468 g/mol. The predicted octanol–water partition coefficient (Wildman–Crippen LogP) is 2.70. The molecule has 0 atom stereocenters. The predicted molar refractivity (Wildman–Crippen MR) is 119 cm³/mol. The molecule has 9 heteroatoms. The highest BCUT2D eigenvalue weighted by molar-refractivity contribution is 9.10. The van der Waals surface area contributed by atoms with E-state index in [-0.39, 0.29) is 36.8 Å². The van der Waals surface area contributed by atoms with Gasteiger partial charge in [0.1, 0.15) is 0 Å². The molecular formula is C21H21BrN4O3S. The molecule has 2 amide bonds. The molecule has 0 saturated carbocycles. The summed E-state index contributed by atoms with van der Waals surface area (Å²) in [6, 6.07) is 7.41. The molecule has 3 heterocycles. The lowest BCUT2D eigenvalue weighted by atomic mass is 10.1. The van der Waals surface area contributed by atoms with Gasteiger partial charge in [-0.15, -0.1) is 11.3 Å². The Balaban J connectivity index is 1.25. The zero-order valence-electron chi connectivity index (χ0n) is 16.3. The topological polar surface area (TPSA) is 84.3 Å². The molecule has 0 aliphatic carbocycles. The summed E-state index contributed by atoms with van der Waals surface area (Å²) in [6.45, 7) is 1.91. The molecule has 156 valence electrons. The number of rotatable bonds is 6. The quantitative estimate of drug-likeness (QED) is 0.577. The van der Waals surface area contributed by atoms with E-state index in [0.717, 1.165) is 17.4 Å². The average molecular weight is 489 g/mol. The van der Waals surface area contributed by atoms with Gasteiger partial charge in [-0.3, -0.25) is 19.0 Å². The molecule has 0 radical (unpaired) electrons. The molecule has 1 aliphatic heterocycles. The van der Waals surface area contributed by atoms with Crippen LogP contribution >= 0.6 is 27.3 Å². The Labute approximate surface area is 185 Å². The van der Waals surface area contributed by atoms with Crippen LogP contribution in [0.5, 0.6) is 0 Å². The van der Waals surface area contributed by atoms with E-state index in [9.17, 15) is 14.4 Å². The van der Waals surface area contributed by atoms with E-state index in [0.29, 0.717) is 24.0 Å². The number of benzene rings is 1. The van der Waals surface area contributed by atoms with E-state index in [1.165, 1.54) is 21.3 Å². The average Bonchev–Trinajstić information content (AvgIpc) is 3.21. The Morgan fingerprint density at radius 3 is 2.97 bits per heavy atom. The van der Waals surface area contributed by atoms with Crippen molar-refractivity contribution in [3.8, 4) is 0 Å². The van der Waals surface area contributed by atoms with Gasteiger partial charge in [0.05, 0.1) is 17.2 Å². The monoisotopic (exact) mass is 488 g/mol.